The summed E-state index contributed by atoms with van der Waals surface area (Å²) in [4.78, 5) is 11.6. The molecule has 1 N–H and O–H groups in total. The Morgan fingerprint density at radius 2 is 1.08 bits per heavy atom. The van der Waals surface area contributed by atoms with Crippen molar-refractivity contribution in [2.75, 3.05) is 0 Å². The number of rotatable bonds is 17. The predicted octanol–water partition coefficient (Wildman–Crippen LogP) is 6.52. The van der Waals surface area contributed by atoms with Crippen molar-refractivity contribution in [2.24, 2.45) is 0 Å². The number of ether oxygens (including phenoxy) is 1. The van der Waals surface area contributed by atoms with E-state index in [0.717, 1.165) is 25.7 Å². The average molecular weight is 343 g/mol. The van der Waals surface area contributed by atoms with Crippen molar-refractivity contribution in [3.05, 3.63) is 0 Å². The molecule has 0 aromatic rings. The van der Waals surface area contributed by atoms with Gasteiger partial charge in [-0.25, -0.2) is 0 Å². The van der Waals surface area contributed by atoms with E-state index in [0.29, 0.717) is 19.3 Å². The molecule has 0 amide bonds. The summed E-state index contributed by atoms with van der Waals surface area (Å²) < 4.78 is 5.38. The van der Waals surface area contributed by atoms with Crippen LogP contribution in [0.3, 0.4) is 0 Å². The molecule has 0 rings (SSSR count). The summed E-state index contributed by atoms with van der Waals surface area (Å²) in [6.45, 7) is 6.22. The van der Waals surface area contributed by atoms with Gasteiger partial charge in [0.05, 0.1) is 0 Å². The molecule has 0 aliphatic heterocycles. The van der Waals surface area contributed by atoms with Crippen molar-refractivity contribution in [3.63, 3.8) is 0 Å². The zero-order valence-corrected chi connectivity index (χ0v) is 16.6. The Labute approximate surface area is 150 Å². The average Bonchev–Trinajstić information content (AvgIpc) is 2.57. The molecule has 0 aromatic carbocycles. The second-order valence-electron chi connectivity index (χ2n) is 7.16. The van der Waals surface area contributed by atoms with E-state index in [1.165, 1.54) is 57.8 Å². The predicted molar refractivity (Wildman–Crippen MR) is 102 cm³/mol. The lowest BCUT2D eigenvalue weighted by atomic mass is 9.99. The molecule has 0 radical (unpaired) electrons. The van der Waals surface area contributed by atoms with Crippen LogP contribution in [0.15, 0.2) is 0 Å². The molecule has 0 fully saturated rings. The van der Waals surface area contributed by atoms with Gasteiger partial charge >= 0.3 is 5.97 Å². The first kappa shape index (κ1) is 23.4. The van der Waals surface area contributed by atoms with E-state index >= 15 is 0 Å². The normalized spacial score (nSPS) is 13.7. The lowest BCUT2D eigenvalue weighted by Gasteiger charge is -2.28. The van der Waals surface area contributed by atoms with Gasteiger partial charge in [-0.05, 0) is 12.8 Å². The second kappa shape index (κ2) is 15.9. The summed E-state index contributed by atoms with van der Waals surface area (Å²) in [5.74, 6) is -1.52. The lowest BCUT2D eigenvalue weighted by molar-refractivity contribution is -0.215. The van der Waals surface area contributed by atoms with E-state index in [-0.39, 0.29) is 5.97 Å². The number of hydrogen-bond acceptors (Lipinski definition) is 3. The lowest BCUT2D eigenvalue weighted by Crippen LogP contribution is -2.34. The van der Waals surface area contributed by atoms with E-state index < -0.39 is 5.79 Å². The highest BCUT2D eigenvalue weighted by molar-refractivity contribution is 5.69. The van der Waals surface area contributed by atoms with Gasteiger partial charge in [0.2, 0.25) is 5.79 Å². The minimum atomic E-state index is -1.23. The van der Waals surface area contributed by atoms with Crippen LogP contribution in [0.5, 0.6) is 0 Å². The SMILES string of the molecule is CCCCCCCCCC(O)(CCCCCCCC)OC(=O)CC. The molecule has 0 saturated heterocycles. The van der Waals surface area contributed by atoms with Crippen LogP contribution in [-0.4, -0.2) is 16.9 Å². The van der Waals surface area contributed by atoms with Crippen LogP contribution < -0.4 is 0 Å². The molecule has 0 aromatic heterocycles. The van der Waals surface area contributed by atoms with Gasteiger partial charge in [0.1, 0.15) is 0 Å². The molecule has 1 unspecified atom stereocenters. The van der Waals surface area contributed by atoms with Crippen LogP contribution in [0, 0.1) is 0 Å². The fourth-order valence-electron chi connectivity index (χ4n) is 3.05. The number of aliphatic hydroxyl groups is 1. The molecule has 24 heavy (non-hydrogen) atoms. The summed E-state index contributed by atoms with van der Waals surface area (Å²) >= 11 is 0. The third-order valence-corrected chi connectivity index (χ3v) is 4.68. The number of unbranched alkanes of at least 4 members (excludes halogenated alkanes) is 11. The summed E-state index contributed by atoms with van der Waals surface area (Å²) in [7, 11) is 0. The maximum atomic E-state index is 11.6. The van der Waals surface area contributed by atoms with Crippen LogP contribution >= 0.6 is 0 Å². The molecule has 144 valence electrons. The highest BCUT2D eigenvalue weighted by Crippen LogP contribution is 2.25. The van der Waals surface area contributed by atoms with Gasteiger partial charge in [0, 0.05) is 19.3 Å². The van der Waals surface area contributed by atoms with Crippen LogP contribution in [0.1, 0.15) is 124 Å². The molecule has 0 bridgehead atoms. The summed E-state index contributed by atoms with van der Waals surface area (Å²) in [6, 6.07) is 0. The highest BCUT2D eigenvalue weighted by Gasteiger charge is 2.29. The van der Waals surface area contributed by atoms with Crippen LogP contribution in [0.25, 0.3) is 0 Å². The van der Waals surface area contributed by atoms with E-state index in [1.807, 2.05) is 0 Å². The zero-order chi connectivity index (χ0) is 18.1. The molecule has 3 nitrogen and oxygen atoms in total. The first-order valence-electron chi connectivity index (χ1n) is 10.5. The Hall–Kier alpha value is -0.570. The summed E-state index contributed by atoms with van der Waals surface area (Å²) in [6.07, 6.45) is 17.0. The van der Waals surface area contributed by atoms with Crippen LogP contribution in [-0.2, 0) is 9.53 Å². The van der Waals surface area contributed by atoms with E-state index in [2.05, 4.69) is 13.8 Å². The fourth-order valence-corrected chi connectivity index (χ4v) is 3.05. The monoisotopic (exact) mass is 342 g/mol. The smallest absolute Gasteiger partial charge is 0.308 e. The number of esters is 1. The van der Waals surface area contributed by atoms with Gasteiger partial charge in [0.25, 0.3) is 0 Å². The van der Waals surface area contributed by atoms with E-state index in [1.54, 1.807) is 6.92 Å². The number of carbonyl (C=O) groups is 1. The van der Waals surface area contributed by atoms with Crippen LogP contribution in [0.2, 0.25) is 0 Å². The Bertz CT molecular complexity index is 291. The van der Waals surface area contributed by atoms with Gasteiger partial charge in [-0.3, -0.25) is 4.79 Å². The first-order chi connectivity index (χ1) is 11.6. The van der Waals surface area contributed by atoms with E-state index in [9.17, 15) is 9.90 Å². The Kier molecular flexibility index (Phi) is 15.6. The van der Waals surface area contributed by atoms with Gasteiger partial charge < -0.3 is 9.84 Å². The maximum Gasteiger partial charge on any atom is 0.308 e. The second-order valence-corrected chi connectivity index (χ2v) is 7.16. The van der Waals surface area contributed by atoms with Gasteiger partial charge in [-0.2, -0.15) is 0 Å². The van der Waals surface area contributed by atoms with Crippen LogP contribution in [0.4, 0.5) is 0 Å². The largest absolute Gasteiger partial charge is 0.433 e. The standard InChI is InChI=1S/C21H42O3/c1-4-7-9-11-13-15-17-19-21(23,24-20(22)6-3)18-16-14-12-10-8-5-2/h23H,4-19H2,1-3H3. The minimum absolute atomic E-state index is 0.286. The van der Waals surface area contributed by atoms with E-state index in [4.69, 9.17) is 4.74 Å². The Morgan fingerprint density at radius 1 is 0.708 bits per heavy atom. The van der Waals surface area contributed by atoms with Crippen molar-refractivity contribution in [1.29, 1.82) is 0 Å². The van der Waals surface area contributed by atoms with Crippen molar-refractivity contribution in [2.45, 2.75) is 129 Å². The fraction of sp³-hybridized carbons (Fsp3) is 0.952. The third kappa shape index (κ3) is 13.8. The van der Waals surface area contributed by atoms with Gasteiger partial charge in [-0.1, -0.05) is 91.4 Å². The molecule has 0 heterocycles. The van der Waals surface area contributed by atoms with Crippen molar-refractivity contribution in [1.82, 2.24) is 0 Å². The molecule has 0 aliphatic carbocycles. The number of hydrogen-bond donors (Lipinski definition) is 1. The molecule has 3 heteroatoms. The third-order valence-electron chi connectivity index (χ3n) is 4.68. The Balaban J connectivity index is 4.03. The van der Waals surface area contributed by atoms with Crippen molar-refractivity contribution < 1.29 is 14.6 Å². The zero-order valence-electron chi connectivity index (χ0n) is 16.6. The summed E-state index contributed by atoms with van der Waals surface area (Å²) in [5.41, 5.74) is 0. The molecule has 0 aliphatic rings. The quantitative estimate of drug-likeness (QED) is 0.186. The summed E-state index contributed by atoms with van der Waals surface area (Å²) in [5, 5.41) is 10.7. The van der Waals surface area contributed by atoms with Gasteiger partial charge in [0.15, 0.2) is 0 Å². The van der Waals surface area contributed by atoms with Gasteiger partial charge in [-0.15, -0.1) is 0 Å². The molecule has 0 saturated carbocycles. The molecular weight excluding hydrogens is 300 g/mol. The van der Waals surface area contributed by atoms with Crippen molar-refractivity contribution >= 4 is 5.97 Å². The first-order valence-corrected chi connectivity index (χ1v) is 10.5. The maximum absolute atomic E-state index is 11.6. The Morgan fingerprint density at radius 3 is 1.46 bits per heavy atom. The molecule has 0 spiro atoms. The van der Waals surface area contributed by atoms with Crippen molar-refractivity contribution in [3.8, 4) is 0 Å². The molecule has 1 atom stereocenters. The highest BCUT2D eigenvalue weighted by atomic mass is 16.7. The number of carbonyl (C=O) groups excluding carboxylic acids is 1. The minimum Gasteiger partial charge on any atom is -0.433 e. The topological polar surface area (TPSA) is 46.5 Å². The molecular formula is C21H42O3.